The van der Waals surface area contributed by atoms with E-state index in [-0.39, 0.29) is 12.2 Å². The quantitative estimate of drug-likeness (QED) is 0.792. The van der Waals surface area contributed by atoms with Gasteiger partial charge in [-0.3, -0.25) is 4.79 Å². The summed E-state index contributed by atoms with van der Waals surface area (Å²) in [6.45, 7) is 1.67. The first kappa shape index (κ1) is 11.7. The van der Waals surface area contributed by atoms with Gasteiger partial charge in [-0.25, -0.2) is 4.39 Å². The topological polar surface area (TPSA) is 63.3 Å². The molecule has 3 N–H and O–H groups in total. The average Bonchev–Trinajstić information content (AvgIpc) is 2.10. The summed E-state index contributed by atoms with van der Waals surface area (Å²) in [4.78, 5) is 10.4. The summed E-state index contributed by atoms with van der Waals surface area (Å²) in [5.74, 6) is -1.17. The summed E-state index contributed by atoms with van der Waals surface area (Å²) in [6, 6.07) is 4.27. The van der Waals surface area contributed by atoms with E-state index in [1.54, 1.807) is 19.1 Å². The molecule has 0 radical (unpaired) electrons. The average molecular weight is 211 g/mol. The molecule has 0 aromatic heterocycles. The minimum Gasteiger partial charge on any atom is -0.481 e. The van der Waals surface area contributed by atoms with E-state index in [2.05, 4.69) is 0 Å². The van der Waals surface area contributed by atoms with Crippen molar-refractivity contribution in [2.75, 3.05) is 0 Å². The second kappa shape index (κ2) is 4.89. The van der Waals surface area contributed by atoms with Gasteiger partial charge in [-0.2, -0.15) is 0 Å². The van der Waals surface area contributed by atoms with E-state index in [1.807, 2.05) is 0 Å². The van der Waals surface area contributed by atoms with Crippen molar-refractivity contribution in [1.82, 2.24) is 0 Å². The summed E-state index contributed by atoms with van der Waals surface area (Å²) < 4.78 is 12.9. The summed E-state index contributed by atoms with van der Waals surface area (Å²) in [6.07, 6.45) is 0.379. The van der Waals surface area contributed by atoms with Gasteiger partial charge in [-0.15, -0.1) is 0 Å². The number of benzene rings is 1. The van der Waals surface area contributed by atoms with Crippen LogP contribution in [0.4, 0.5) is 4.39 Å². The van der Waals surface area contributed by atoms with Crippen LogP contribution < -0.4 is 5.73 Å². The Morgan fingerprint density at radius 2 is 2.27 bits per heavy atom. The van der Waals surface area contributed by atoms with Gasteiger partial charge in [0, 0.05) is 6.04 Å². The van der Waals surface area contributed by atoms with E-state index in [0.29, 0.717) is 12.0 Å². The summed E-state index contributed by atoms with van der Waals surface area (Å²) >= 11 is 0. The van der Waals surface area contributed by atoms with E-state index >= 15 is 0 Å². The molecule has 0 fully saturated rings. The highest BCUT2D eigenvalue weighted by atomic mass is 19.1. The highest BCUT2D eigenvalue weighted by Crippen LogP contribution is 2.11. The lowest BCUT2D eigenvalue weighted by atomic mass is 10.0. The summed E-state index contributed by atoms with van der Waals surface area (Å²) in [7, 11) is 0. The lowest BCUT2D eigenvalue weighted by molar-refractivity contribution is -0.137. The molecule has 0 amide bonds. The van der Waals surface area contributed by atoms with Crippen LogP contribution in [-0.4, -0.2) is 17.1 Å². The van der Waals surface area contributed by atoms with Gasteiger partial charge in [-0.1, -0.05) is 12.1 Å². The molecule has 4 heteroatoms. The third kappa shape index (κ3) is 3.67. The number of rotatable bonds is 4. The van der Waals surface area contributed by atoms with Crippen molar-refractivity contribution in [3.63, 3.8) is 0 Å². The molecular formula is C11H14FNO2. The van der Waals surface area contributed by atoms with Crippen molar-refractivity contribution in [3.05, 3.63) is 35.1 Å². The molecular weight excluding hydrogens is 197 g/mol. The number of carbonyl (C=O) groups is 1. The zero-order valence-electron chi connectivity index (χ0n) is 8.53. The molecule has 0 bridgehead atoms. The third-order valence-corrected chi connectivity index (χ3v) is 2.16. The zero-order chi connectivity index (χ0) is 11.4. The first-order valence-electron chi connectivity index (χ1n) is 4.71. The molecule has 0 aliphatic heterocycles. The number of halogens is 1. The van der Waals surface area contributed by atoms with E-state index < -0.39 is 12.0 Å². The van der Waals surface area contributed by atoms with Gasteiger partial charge in [0.1, 0.15) is 5.82 Å². The predicted molar refractivity (Wildman–Crippen MR) is 55.1 cm³/mol. The van der Waals surface area contributed by atoms with Gasteiger partial charge in [0.2, 0.25) is 0 Å². The molecule has 0 spiro atoms. The Kier molecular flexibility index (Phi) is 3.80. The van der Waals surface area contributed by atoms with Crippen LogP contribution >= 0.6 is 0 Å². The first-order chi connectivity index (χ1) is 6.99. The molecule has 82 valence electrons. The van der Waals surface area contributed by atoms with Gasteiger partial charge in [-0.05, 0) is 30.5 Å². The second-order valence-electron chi connectivity index (χ2n) is 3.65. The van der Waals surface area contributed by atoms with E-state index in [1.165, 1.54) is 6.07 Å². The van der Waals surface area contributed by atoms with Crippen LogP contribution in [0.25, 0.3) is 0 Å². The lowest BCUT2D eigenvalue weighted by Crippen LogP contribution is -2.26. The van der Waals surface area contributed by atoms with Crippen molar-refractivity contribution in [1.29, 1.82) is 0 Å². The number of carboxylic acids is 1. The predicted octanol–water partition coefficient (Wildman–Crippen LogP) is 1.48. The molecule has 0 saturated heterocycles. The Labute approximate surface area is 87.7 Å². The second-order valence-corrected chi connectivity index (χ2v) is 3.65. The van der Waals surface area contributed by atoms with Gasteiger partial charge in [0.25, 0.3) is 0 Å². The monoisotopic (exact) mass is 211 g/mol. The minimum absolute atomic E-state index is 0.0730. The van der Waals surface area contributed by atoms with Crippen LogP contribution in [0.5, 0.6) is 0 Å². The molecule has 15 heavy (non-hydrogen) atoms. The van der Waals surface area contributed by atoms with E-state index in [4.69, 9.17) is 10.8 Å². The fraction of sp³-hybridized carbons (Fsp3) is 0.364. The Hall–Kier alpha value is -1.42. The molecule has 1 aromatic carbocycles. The molecule has 1 rings (SSSR count). The Bertz CT molecular complexity index is 366. The van der Waals surface area contributed by atoms with Gasteiger partial charge < -0.3 is 10.8 Å². The van der Waals surface area contributed by atoms with Crippen LogP contribution in [0.15, 0.2) is 18.2 Å². The van der Waals surface area contributed by atoms with Crippen LogP contribution in [0.2, 0.25) is 0 Å². The lowest BCUT2D eigenvalue weighted by Gasteiger charge is -2.09. The van der Waals surface area contributed by atoms with Crippen molar-refractivity contribution < 1.29 is 14.3 Å². The minimum atomic E-state index is -0.915. The molecule has 0 heterocycles. The normalized spacial score (nSPS) is 12.5. The van der Waals surface area contributed by atoms with Gasteiger partial charge in [0.15, 0.2) is 0 Å². The van der Waals surface area contributed by atoms with Crippen molar-refractivity contribution in [3.8, 4) is 0 Å². The van der Waals surface area contributed by atoms with Crippen molar-refractivity contribution in [2.45, 2.75) is 25.8 Å². The molecule has 3 nitrogen and oxygen atoms in total. The number of hydrogen-bond acceptors (Lipinski definition) is 2. The maximum absolute atomic E-state index is 12.9. The largest absolute Gasteiger partial charge is 0.481 e. The molecule has 0 saturated carbocycles. The third-order valence-electron chi connectivity index (χ3n) is 2.16. The summed E-state index contributed by atoms with van der Waals surface area (Å²) in [5.41, 5.74) is 7.03. The molecule has 0 aliphatic rings. The van der Waals surface area contributed by atoms with Crippen LogP contribution in [-0.2, 0) is 11.2 Å². The highest BCUT2D eigenvalue weighted by Gasteiger charge is 2.09. The van der Waals surface area contributed by atoms with Crippen LogP contribution in [0, 0.1) is 12.7 Å². The Balaban J connectivity index is 2.64. The summed E-state index contributed by atoms with van der Waals surface area (Å²) in [5, 5.41) is 8.52. The number of aliphatic carboxylic acids is 1. The standard InChI is InChI=1S/C11H14FNO2/c1-7-4-8(2-3-10(7)12)5-9(13)6-11(14)15/h2-4,9H,5-6,13H2,1H3,(H,14,15). The Morgan fingerprint density at radius 1 is 1.60 bits per heavy atom. The fourth-order valence-electron chi connectivity index (χ4n) is 1.43. The smallest absolute Gasteiger partial charge is 0.304 e. The fourth-order valence-corrected chi connectivity index (χ4v) is 1.43. The van der Waals surface area contributed by atoms with Crippen molar-refractivity contribution in [2.24, 2.45) is 5.73 Å². The van der Waals surface area contributed by atoms with Crippen LogP contribution in [0.1, 0.15) is 17.5 Å². The number of aryl methyl sites for hydroxylation is 1. The maximum Gasteiger partial charge on any atom is 0.304 e. The van der Waals surface area contributed by atoms with Gasteiger partial charge in [0.05, 0.1) is 6.42 Å². The number of nitrogens with two attached hydrogens (primary N) is 1. The molecule has 1 aromatic rings. The first-order valence-corrected chi connectivity index (χ1v) is 4.71. The number of carboxylic acid groups (broad SMARTS) is 1. The van der Waals surface area contributed by atoms with Crippen LogP contribution in [0.3, 0.4) is 0 Å². The zero-order valence-corrected chi connectivity index (χ0v) is 8.53. The maximum atomic E-state index is 12.9. The highest BCUT2D eigenvalue weighted by molar-refractivity contribution is 5.67. The van der Waals surface area contributed by atoms with E-state index in [9.17, 15) is 9.18 Å². The van der Waals surface area contributed by atoms with Gasteiger partial charge >= 0.3 is 5.97 Å². The Morgan fingerprint density at radius 3 is 2.80 bits per heavy atom. The molecule has 0 aliphatic carbocycles. The molecule has 1 atom stereocenters. The molecule has 1 unspecified atom stereocenters. The van der Waals surface area contributed by atoms with Crippen molar-refractivity contribution >= 4 is 5.97 Å². The number of hydrogen-bond donors (Lipinski definition) is 2. The van der Waals surface area contributed by atoms with E-state index in [0.717, 1.165) is 5.56 Å². The SMILES string of the molecule is Cc1cc(CC(N)CC(=O)O)ccc1F.